The molecule has 9 fully saturated rings. The van der Waals surface area contributed by atoms with E-state index in [0.29, 0.717) is 16.9 Å². The lowest BCUT2D eigenvalue weighted by molar-refractivity contribution is -0.00912. The summed E-state index contributed by atoms with van der Waals surface area (Å²) in [6.07, 6.45) is 18.2. The van der Waals surface area contributed by atoms with Crippen LogP contribution in [-0.4, -0.2) is 19.3 Å². The van der Waals surface area contributed by atoms with E-state index in [1.807, 2.05) is 0 Å². The fourth-order valence-corrected chi connectivity index (χ4v) is 11.1. The van der Waals surface area contributed by atoms with Crippen molar-refractivity contribution in [3.63, 3.8) is 0 Å². The zero-order valence-electron chi connectivity index (χ0n) is 19.9. The Hall–Kier alpha value is -1.02. The predicted octanol–water partition coefficient (Wildman–Crippen LogP) is 6.71. The number of epoxide rings is 1. The van der Waals surface area contributed by atoms with Crippen LogP contribution in [0.5, 0.6) is 5.75 Å². The fraction of sp³-hybridized carbons (Fsp3) is 0.800. The fourth-order valence-electron chi connectivity index (χ4n) is 11.1. The quantitative estimate of drug-likeness (QED) is 0.482. The average molecular weight is 433 g/mol. The molecule has 10 rings (SSSR count). The molecule has 172 valence electrons. The summed E-state index contributed by atoms with van der Waals surface area (Å²) in [4.78, 5) is 0. The van der Waals surface area contributed by atoms with Gasteiger partial charge in [0.1, 0.15) is 18.5 Å². The van der Waals surface area contributed by atoms with Gasteiger partial charge in [0.2, 0.25) is 0 Å². The first-order chi connectivity index (χ1) is 15.6. The molecule has 8 aliphatic carbocycles. The van der Waals surface area contributed by atoms with Crippen molar-refractivity contribution in [3.8, 4) is 5.75 Å². The lowest BCUT2D eigenvalue weighted by atomic mass is 9.46. The molecular weight excluding hydrogens is 392 g/mol. The minimum Gasteiger partial charge on any atom is -0.491 e. The summed E-state index contributed by atoms with van der Waals surface area (Å²) >= 11 is 0. The first-order valence-corrected chi connectivity index (χ1v) is 14.0. The van der Waals surface area contributed by atoms with Gasteiger partial charge in [0.05, 0.1) is 6.61 Å². The van der Waals surface area contributed by atoms with Crippen molar-refractivity contribution in [2.45, 2.75) is 101 Å². The van der Waals surface area contributed by atoms with Crippen LogP contribution in [-0.2, 0) is 15.6 Å². The second kappa shape index (κ2) is 6.55. The van der Waals surface area contributed by atoms with Crippen LogP contribution in [0.15, 0.2) is 12.1 Å². The van der Waals surface area contributed by atoms with Crippen LogP contribution >= 0.6 is 0 Å². The third kappa shape index (κ3) is 2.87. The van der Waals surface area contributed by atoms with Gasteiger partial charge in [-0.25, -0.2) is 0 Å². The van der Waals surface area contributed by atoms with Gasteiger partial charge in [-0.05, 0) is 159 Å². The number of ether oxygens (including phenoxy) is 2. The van der Waals surface area contributed by atoms with E-state index in [0.717, 1.165) is 48.7 Å². The van der Waals surface area contributed by atoms with Crippen LogP contribution in [0, 0.1) is 42.4 Å². The topological polar surface area (TPSA) is 21.8 Å². The number of hydrogen-bond acceptors (Lipinski definition) is 2. The largest absolute Gasteiger partial charge is 0.491 e. The Bertz CT molecular complexity index is 805. The molecule has 1 aromatic carbocycles. The molecule has 0 aromatic heterocycles. The third-order valence-corrected chi connectivity index (χ3v) is 11.4. The summed E-state index contributed by atoms with van der Waals surface area (Å²) in [6.45, 7) is 4.15. The van der Waals surface area contributed by atoms with Gasteiger partial charge in [-0.15, -0.1) is 0 Å². The monoisotopic (exact) mass is 432 g/mol. The molecular formula is C30H40O2. The molecule has 9 aliphatic rings. The van der Waals surface area contributed by atoms with Crippen LogP contribution in [0.1, 0.15) is 93.7 Å². The van der Waals surface area contributed by atoms with Crippen LogP contribution in [0.25, 0.3) is 0 Å². The molecule has 8 saturated carbocycles. The molecule has 32 heavy (non-hydrogen) atoms. The van der Waals surface area contributed by atoms with E-state index in [9.17, 15) is 0 Å². The van der Waals surface area contributed by atoms with Gasteiger partial charge in [0, 0.05) is 0 Å². The van der Waals surface area contributed by atoms with Crippen LogP contribution < -0.4 is 4.74 Å². The van der Waals surface area contributed by atoms with Gasteiger partial charge in [-0.1, -0.05) is 0 Å². The SMILES string of the molecule is Cc1c(C23CC4CC(CC(C4)C2)C3)cc(OCC2CO2)cc1C12CC3CC(CC(C3)C1)C2. The number of benzene rings is 1. The Morgan fingerprint density at radius 3 is 1.44 bits per heavy atom. The van der Waals surface area contributed by atoms with Crippen molar-refractivity contribution in [1.29, 1.82) is 0 Å². The summed E-state index contributed by atoms with van der Waals surface area (Å²) in [5, 5.41) is 0. The molecule has 1 heterocycles. The molecule has 1 atom stereocenters. The van der Waals surface area contributed by atoms with Crippen molar-refractivity contribution in [3.05, 3.63) is 28.8 Å². The predicted molar refractivity (Wildman–Crippen MR) is 126 cm³/mol. The number of hydrogen-bond donors (Lipinski definition) is 0. The average Bonchev–Trinajstić information content (AvgIpc) is 3.55. The van der Waals surface area contributed by atoms with Gasteiger partial charge < -0.3 is 9.47 Å². The first kappa shape index (κ1) is 19.3. The molecule has 0 N–H and O–H groups in total. The van der Waals surface area contributed by atoms with Crippen LogP contribution in [0.4, 0.5) is 0 Å². The van der Waals surface area contributed by atoms with Crippen molar-refractivity contribution < 1.29 is 9.47 Å². The molecule has 8 bridgehead atoms. The minimum absolute atomic E-state index is 0.335. The maximum atomic E-state index is 6.47. The van der Waals surface area contributed by atoms with Crippen molar-refractivity contribution in [1.82, 2.24) is 0 Å². The standard InChI is InChI=1S/C30H40O2/c1-18-27(29-10-19-2-20(11-29)4-21(3-19)12-29)8-25(31-16-26-17-32-26)9-28(18)30-13-22-5-23(14-30)7-24(6-22)15-30/h8-9,19-24,26H,2-7,10-17H2,1H3. The van der Waals surface area contributed by atoms with E-state index in [2.05, 4.69) is 19.1 Å². The molecule has 2 heteroatoms. The van der Waals surface area contributed by atoms with E-state index in [1.54, 1.807) is 16.7 Å². The minimum atomic E-state index is 0.335. The molecule has 1 saturated heterocycles. The van der Waals surface area contributed by atoms with E-state index < -0.39 is 0 Å². The Morgan fingerprint density at radius 1 is 0.719 bits per heavy atom. The molecule has 1 aromatic rings. The van der Waals surface area contributed by atoms with Crippen molar-refractivity contribution in [2.24, 2.45) is 35.5 Å². The molecule has 2 nitrogen and oxygen atoms in total. The second-order valence-corrected chi connectivity index (χ2v) is 13.8. The van der Waals surface area contributed by atoms with E-state index in [1.165, 1.54) is 82.8 Å². The first-order valence-electron chi connectivity index (χ1n) is 14.0. The maximum absolute atomic E-state index is 6.47. The van der Waals surface area contributed by atoms with Gasteiger partial charge in [-0.2, -0.15) is 0 Å². The molecule has 1 aliphatic heterocycles. The molecule has 1 unspecified atom stereocenters. The molecule has 0 radical (unpaired) electrons. The normalized spacial score (nSPS) is 49.6. The highest BCUT2D eigenvalue weighted by Gasteiger charge is 2.55. The zero-order chi connectivity index (χ0) is 21.1. The summed E-state index contributed by atoms with van der Waals surface area (Å²) in [7, 11) is 0. The third-order valence-electron chi connectivity index (χ3n) is 11.4. The summed E-state index contributed by atoms with van der Waals surface area (Å²) in [6, 6.07) is 5.05. The molecule has 0 amide bonds. The van der Waals surface area contributed by atoms with E-state index in [-0.39, 0.29) is 0 Å². The number of rotatable bonds is 5. The highest BCUT2D eigenvalue weighted by atomic mass is 16.6. The summed E-state index contributed by atoms with van der Waals surface area (Å²) in [5.74, 6) is 7.13. The van der Waals surface area contributed by atoms with Gasteiger partial charge in [0.25, 0.3) is 0 Å². The molecule has 0 spiro atoms. The second-order valence-electron chi connectivity index (χ2n) is 13.8. The Balaban J connectivity index is 1.25. The lowest BCUT2D eigenvalue weighted by Crippen LogP contribution is -2.50. The highest BCUT2D eigenvalue weighted by Crippen LogP contribution is 2.64. The highest BCUT2D eigenvalue weighted by molar-refractivity contribution is 5.50. The van der Waals surface area contributed by atoms with Gasteiger partial charge in [-0.3, -0.25) is 0 Å². The van der Waals surface area contributed by atoms with Crippen molar-refractivity contribution in [2.75, 3.05) is 13.2 Å². The smallest absolute Gasteiger partial charge is 0.120 e. The zero-order valence-corrected chi connectivity index (χ0v) is 19.9. The van der Waals surface area contributed by atoms with Gasteiger partial charge >= 0.3 is 0 Å². The van der Waals surface area contributed by atoms with Crippen molar-refractivity contribution >= 4 is 0 Å². The lowest BCUT2D eigenvalue weighted by Gasteiger charge is -2.59. The van der Waals surface area contributed by atoms with E-state index in [4.69, 9.17) is 9.47 Å². The van der Waals surface area contributed by atoms with Gasteiger partial charge in [0.15, 0.2) is 0 Å². The summed E-state index contributed by atoms with van der Waals surface area (Å²) in [5.41, 5.74) is 6.02. The Morgan fingerprint density at radius 2 is 1.09 bits per heavy atom. The van der Waals surface area contributed by atoms with E-state index >= 15 is 0 Å². The van der Waals surface area contributed by atoms with Crippen LogP contribution in [0.3, 0.4) is 0 Å². The maximum Gasteiger partial charge on any atom is 0.120 e. The summed E-state index contributed by atoms with van der Waals surface area (Å²) < 4.78 is 12.0. The Labute approximate surface area is 193 Å². The van der Waals surface area contributed by atoms with Crippen LogP contribution in [0.2, 0.25) is 0 Å². The Kier molecular flexibility index (Phi) is 3.95.